The van der Waals surface area contributed by atoms with Crippen molar-refractivity contribution in [2.75, 3.05) is 31.0 Å². The van der Waals surface area contributed by atoms with Gasteiger partial charge in [-0.3, -0.25) is 4.79 Å². The number of nitrogens with one attached hydrogen (secondary N) is 2. The minimum atomic E-state index is -3.31. The van der Waals surface area contributed by atoms with Crippen LogP contribution in [-0.4, -0.2) is 57.5 Å². The highest BCUT2D eigenvalue weighted by Gasteiger charge is 2.23. The molecule has 2 amide bonds. The molecule has 2 N–H and O–H groups in total. The van der Waals surface area contributed by atoms with Crippen molar-refractivity contribution in [3.05, 3.63) is 59.8 Å². The Morgan fingerprint density at radius 2 is 1.81 bits per heavy atom. The molecule has 1 aromatic heterocycles. The summed E-state index contributed by atoms with van der Waals surface area (Å²) in [7, 11) is 0.437. The second-order valence-electron chi connectivity index (χ2n) is 7.31. The Morgan fingerprint density at radius 3 is 2.39 bits per heavy atom. The number of nitrogens with zero attached hydrogens (tertiary/aromatic N) is 2. The minimum Gasteiger partial charge on any atom is -0.445 e. The van der Waals surface area contributed by atoms with E-state index in [0.717, 1.165) is 23.2 Å². The number of hydrogen-bond acceptors (Lipinski definition) is 7. The van der Waals surface area contributed by atoms with Gasteiger partial charge in [-0.1, -0.05) is 36.4 Å². The van der Waals surface area contributed by atoms with Gasteiger partial charge in [-0.2, -0.15) is 0 Å². The first-order chi connectivity index (χ1) is 14.6. The molecule has 0 aliphatic heterocycles. The number of rotatable bonds is 10. The molecule has 1 aromatic carbocycles. The maximum atomic E-state index is 12.6. The lowest BCUT2D eigenvalue weighted by molar-refractivity contribution is -0.123. The van der Waals surface area contributed by atoms with Crippen molar-refractivity contribution in [2.24, 2.45) is 0 Å². The molecule has 0 bridgehead atoms. The lowest BCUT2D eigenvalue weighted by Gasteiger charge is -2.18. The molecule has 168 valence electrons. The highest BCUT2D eigenvalue weighted by Crippen LogP contribution is 2.08. The third kappa shape index (κ3) is 9.04. The van der Waals surface area contributed by atoms with Crippen molar-refractivity contribution in [2.45, 2.75) is 25.6 Å². The van der Waals surface area contributed by atoms with Crippen molar-refractivity contribution in [3.63, 3.8) is 0 Å². The maximum absolute atomic E-state index is 12.6. The van der Waals surface area contributed by atoms with Crippen LogP contribution in [0.3, 0.4) is 0 Å². The Hall–Kier alpha value is -3.14. The second kappa shape index (κ2) is 11.3. The highest BCUT2D eigenvalue weighted by molar-refractivity contribution is 7.90. The van der Waals surface area contributed by atoms with Gasteiger partial charge in [-0.15, -0.1) is 0 Å². The number of sulfone groups is 1. The normalized spacial score (nSPS) is 12.0. The summed E-state index contributed by atoms with van der Waals surface area (Å²) in [6.07, 6.45) is 1.86. The van der Waals surface area contributed by atoms with Gasteiger partial charge in [0.2, 0.25) is 5.91 Å². The zero-order valence-corrected chi connectivity index (χ0v) is 18.7. The molecule has 0 aliphatic rings. The van der Waals surface area contributed by atoms with Crippen molar-refractivity contribution in [1.82, 2.24) is 15.6 Å². The number of amides is 2. The van der Waals surface area contributed by atoms with E-state index < -0.39 is 27.9 Å². The van der Waals surface area contributed by atoms with E-state index in [4.69, 9.17) is 4.74 Å². The molecule has 1 heterocycles. The molecular formula is C21H28N4O5S. The molecule has 9 nitrogen and oxygen atoms in total. The second-order valence-corrected chi connectivity index (χ2v) is 9.57. The van der Waals surface area contributed by atoms with E-state index in [0.29, 0.717) is 0 Å². The molecule has 2 rings (SSSR count). The van der Waals surface area contributed by atoms with Gasteiger partial charge in [0, 0.05) is 33.1 Å². The molecule has 0 saturated carbocycles. The third-order valence-corrected chi connectivity index (χ3v) is 5.31. The number of pyridine rings is 1. The fourth-order valence-electron chi connectivity index (χ4n) is 2.61. The summed E-state index contributed by atoms with van der Waals surface area (Å²) < 4.78 is 28.2. The zero-order chi connectivity index (χ0) is 22.9. The van der Waals surface area contributed by atoms with Crippen LogP contribution in [0, 0.1) is 0 Å². The molecule has 1 unspecified atom stereocenters. The summed E-state index contributed by atoms with van der Waals surface area (Å²) in [5.74, 6) is 0.0318. The summed E-state index contributed by atoms with van der Waals surface area (Å²) in [6, 6.07) is 11.7. The number of hydrogen-bond donors (Lipinski definition) is 2. The molecule has 0 radical (unpaired) electrons. The summed E-state index contributed by atoms with van der Waals surface area (Å²) in [6.45, 7) is 0.229. The van der Waals surface area contributed by atoms with Crippen LogP contribution in [-0.2, 0) is 32.5 Å². The summed E-state index contributed by atoms with van der Waals surface area (Å²) in [5, 5.41) is 5.17. The molecule has 31 heavy (non-hydrogen) atoms. The van der Waals surface area contributed by atoms with Gasteiger partial charge in [0.05, 0.1) is 5.75 Å². The van der Waals surface area contributed by atoms with Gasteiger partial charge in [0.25, 0.3) is 0 Å². The van der Waals surface area contributed by atoms with Crippen molar-refractivity contribution >= 4 is 27.7 Å². The first-order valence-electron chi connectivity index (χ1n) is 9.69. The van der Waals surface area contributed by atoms with Crippen molar-refractivity contribution < 1.29 is 22.7 Å². The first kappa shape index (κ1) is 24.1. The minimum absolute atomic E-state index is 0.0387. The van der Waals surface area contributed by atoms with E-state index in [2.05, 4.69) is 15.6 Å². The SMILES string of the molecule is CN(C)c1ccc(CNC(=O)C(CCS(C)(=O)=O)NC(=O)OCc2ccccc2)cn1. The number of carbonyl (C=O) groups is 2. The standard InChI is InChI=1S/C21H28N4O5S/c1-25(2)19-10-9-17(13-22-19)14-23-20(26)18(11-12-31(3,28)29)24-21(27)30-15-16-7-5-4-6-8-16/h4-10,13,18H,11-12,14-15H2,1-3H3,(H,23,26)(H,24,27). The van der Waals surface area contributed by atoms with Crippen LogP contribution >= 0.6 is 0 Å². The lowest BCUT2D eigenvalue weighted by atomic mass is 10.2. The average Bonchev–Trinajstić information content (AvgIpc) is 2.73. The predicted molar refractivity (Wildman–Crippen MR) is 118 cm³/mol. The maximum Gasteiger partial charge on any atom is 0.408 e. The van der Waals surface area contributed by atoms with E-state index in [1.54, 1.807) is 18.3 Å². The molecule has 0 saturated heterocycles. The van der Waals surface area contributed by atoms with Gasteiger partial charge in [-0.25, -0.2) is 18.2 Å². The molecule has 0 fully saturated rings. The predicted octanol–water partition coefficient (Wildman–Crippen LogP) is 1.49. The Balaban J connectivity index is 1.95. The molecule has 1 atom stereocenters. The Kier molecular flexibility index (Phi) is 8.80. The molecule has 0 aliphatic carbocycles. The summed E-state index contributed by atoms with van der Waals surface area (Å²) in [5.41, 5.74) is 1.57. The van der Waals surface area contributed by atoms with Gasteiger partial charge in [0.15, 0.2) is 0 Å². The molecule has 0 spiro atoms. The fourth-order valence-corrected chi connectivity index (χ4v) is 3.27. The van der Waals surface area contributed by atoms with Gasteiger partial charge in [-0.05, 0) is 23.6 Å². The van der Waals surface area contributed by atoms with Gasteiger partial charge < -0.3 is 20.3 Å². The largest absolute Gasteiger partial charge is 0.445 e. The molecule has 10 heteroatoms. The lowest BCUT2D eigenvalue weighted by Crippen LogP contribution is -2.47. The molecule has 2 aromatic rings. The Bertz CT molecular complexity index is 963. The van der Waals surface area contributed by atoms with Crippen LogP contribution in [0.25, 0.3) is 0 Å². The van der Waals surface area contributed by atoms with Gasteiger partial charge >= 0.3 is 6.09 Å². The van der Waals surface area contributed by atoms with Crippen LogP contribution in [0.4, 0.5) is 10.6 Å². The van der Waals surface area contributed by atoms with Crippen LogP contribution in [0.2, 0.25) is 0 Å². The number of carbonyl (C=O) groups excluding carboxylic acids is 2. The highest BCUT2D eigenvalue weighted by atomic mass is 32.2. The van der Waals surface area contributed by atoms with Crippen LogP contribution in [0.1, 0.15) is 17.5 Å². The zero-order valence-electron chi connectivity index (χ0n) is 17.9. The van der Waals surface area contributed by atoms with Crippen LogP contribution in [0.15, 0.2) is 48.7 Å². The number of aromatic nitrogens is 1. The van der Waals surface area contributed by atoms with Gasteiger partial charge in [0.1, 0.15) is 28.3 Å². The third-order valence-electron chi connectivity index (χ3n) is 4.33. The monoisotopic (exact) mass is 448 g/mol. The number of alkyl carbamates (subject to hydrolysis) is 1. The number of benzene rings is 1. The first-order valence-corrected chi connectivity index (χ1v) is 11.7. The number of anilines is 1. The van der Waals surface area contributed by atoms with Crippen molar-refractivity contribution in [3.8, 4) is 0 Å². The summed E-state index contributed by atoms with van der Waals surface area (Å²) >= 11 is 0. The number of ether oxygens (including phenoxy) is 1. The smallest absolute Gasteiger partial charge is 0.408 e. The quantitative estimate of drug-likeness (QED) is 0.565. The van der Waals surface area contributed by atoms with Crippen LogP contribution < -0.4 is 15.5 Å². The van der Waals surface area contributed by atoms with E-state index in [1.807, 2.05) is 49.3 Å². The van der Waals surface area contributed by atoms with E-state index in [9.17, 15) is 18.0 Å². The summed E-state index contributed by atoms with van der Waals surface area (Å²) in [4.78, 5) is 30.9. The average molecular weight is 449 g/mol. The Labute approximate surface area is 182 Å². The Morgan fingerprint density at radius 1 is 1.10 bits per heavy atom. The molecular weight excluding hydrogens is 420 g/mol. The van der Waals surface area contributed by atoms with E-state index in [-0.39, 0.29) is 25.3 Å². The van der Waals surface area contributed by atoms with Crippen molar-refractivity contribution in [1.29, 1.82) is 0 Å². The fraction of sp³-hybridized carbons (Fsp3) is 0.381. The topological polar surface area (TPSA) is 118 Å². The van der Waals surface area contributed by atoms with Crippen LogP contribution in [0.5, 0.6) is 0 Å². The van der Waals surface area contributed by atoms with E-state index >= 15 is 0 Å². The van der Waals surface area contributed by atoms with E-state index in [1.165, 1.54) is 0 Å².